The maximum absolute atomic E-state index is 11.3. The second kappa shape index (κ2) is 7.82. The Balaban J connectivity index is 3.60. The van der Waals surface area contributed by atoms with Gasteiger partial charge in [-0.2, -0.15) is 0 Å². The SMILES string of the molecule is CC(C)CCNC(=O)CS(=O)CC(C)N. The largest absolute Gasteiger partial charge is 0.355 e. The van der Waals surface area contributed by atoms with Gasteiger partial charge in [0.1, 0.15) is 5.75 Å². The van der Waals surface area contributed by atoms with E-state index in [0.717, 1.165) is 6.42 Å². The van der Waals surface area contributed by atoms with Crippen LogP contribution < -0.4 is 11.1 Å². The first-order valence-electron chi connectivity index (χ1n) is 5.29. The highest BCUT2D eigenvalue weighted by Crippen LogP contribution is 1.96. The second-order valence-electron chi connectivity index (χ2n) is 4.26. The van der Waals surface area contributed by atoms with Crippen LogP contribution in [0.2, 0.25) is 0 Å². The molecule has 5 heteroatoms. The summed E-state index contributed by atoms with van der Waals surface area (Å²) in [5.74, 6) is 0.881. The Labute approximate surface area is 94.4 Å². The number of hydrogen-bond acceptors (Lipinski definition) is 3. The van der Waals surface area contributed by atoms with Crippen molar-refractivity contribution in [2.45, 2.75) is 33.2 Å². The summed E-state index contributed by atoms with van der Waals surface area (Å²) in [6.45, 7) is 6.64. The van der Waals surface area contributed by atoms with E-state index in [9.17, 15) is 9.00 Å². The van der Waals surface area contributed by atoms with Crippen molar-refractivity contribution in [1.29, 1.82) is 0 Å². The monoisotopic (exact) mass is 234 g/mol. The van der Waals surface area contributed by atoms with Gasteiger partial charge in [0.2, 0.25) is 5.91 Å². The molecule has 0 saturated heterocycles. The topological polar surface area (TPSA) is 72.2 Å². The van der Waals surface area contributed by atoms with Gasteiger partial charge in [0.15, 0.2) is 0 Å². The number of nitrogens with two attached hydrogens (primary N) is 1. The third-order valence-electron chi connectivity index (χ3n) is 1.78. The quantitative estimate of drug-likeness (QED) is 0.663. The molecule has 3 N–H and O–H groups in total. The highest BCUT2D eigenvalue weighted by atomic mass is 32.2. The van der Waals surface area contributed by atoms with Crippen molar-refractivity contribution in [1.82, 2.24) is 5.32 Å². The molecule has 0 fully saturated rings. The first-order valence-corrected chi connectivity index (χ1v) is 6.78. The van der Waals surface area contributed by atoms with Gasteiger partial charge in [-0.15, -0.1) is 0 Å². The average molecular weight is 234 g/mol. The predicted molar refractivity (Wildman–Crippen MR) is 64.0 cm³/mol. The molecule has 0 aliphatic rings. The summed E-state index contributed by atoms with van der Waals surface area (Å²) in [7, 11) is -1.13. The van der Waals surface area contributed by atoms with Crippen molar-refractivity contribution in [3.63, 3.8) is 0 Å². The van der Waals surface area contributed by atoms with Gasteiger partial charge in [-0.3, -0.25) is 9.00 Å². The lowest BCUT2D eigenvalue weighted by Gasteiger charge is -2.08. The van der Waals surface area contributed by atoms with Crippen molar-refractivity contribution < 1.29 is 9.00 Å². The fourth-order valence-corrected chi connectivity index (χ4v) is 2.15. The minimum atomic E-state index is -1.13. The van der Waals surface area contributed by atoms with Crippen LogP contribution in [0.25, 0.3) is 0 Å². The van der Waals surface area contributed by atoms with E-state index in [-0.39, 0.29) is 17.7 Å². The van der Waals surface area contributed by atoms with E-state index in [0.29, 0.717) is 18.2 Å². The van der Waals surface area contributed by atoms with E-state index in [2.05, 4.69) is 19.2 Å². The zero-order valence-corrected chi connectivity index (χ0v) is 10.6. The van der Waals surface area contributed by atoms with Gasteiger partial charge in [-0.05, 0) is 19.3 Å². The minimum Gasteiger partial charge on any atom is -0.355 e. The van der Waals surface area contributed by atoms with Crippen LogP contribution in [-0.2, 0) is 15.6 Å². The number of amides is 1. The van der Waals surface area contributed by atoms with Crippen molar-refractivity contribution in [2.24, 2.45) is 11.7 Å². The lowest BCUT2D eigenvalue weighted by molar-refractivity contribution is -0.118. The fraction of sp³-hybridized carbons (Fsp3) is 0.900. The molecule has 0 aromatic heterocycles. The fourth-order valence-electron chi connectivity index (χ4n) is 1.05. The van der Waals surface area contributed by atoms with Crippen LogP contribution in [0, 0.1) is 5.92 Å². The molecule has 0 spiro atoms. The molecule has 0 heterocycles. The van der Waals surface area contributed by atoms with Crippen LogP contribution in [0.1, 0.15) is 27.2 Å². The van der Waals surface area contributed by atoms with Crippen molar-refractivity contribution >= 4 is 16.7 Å². The Morgan fingerprint density at radius 3 is 2.47 bits per heavy atom. The maximum Gasteiger partial charge on any atom is 0.232 e. The van der Waals surface area contributed by atoms with Gasteiger partial charge < -0.3 is 11.1 Å². The number of carbonyl (C=O) groups excluding carboxylic acids is 1. The lowest BCUT2D eigenvalue weighted by Crippen LogP contribution is -2.33. The molecule has 0 aliphatic carbocycles. The van der Waals surface area contributed by atoms with E-state index in [4.69, 9.17) is 5.73 Å². The Morgan fingerprint density at radius 2 is 2.00 bits per heavy atom. The summed E-state index contributed by atoms with van der Waals surface area (Å²) in [5, 5.41) is 2.75. The zero-order chi connectivity index (χ0) is 11.8. The van der Waals surface area contributed by atoms with Crippen molar-refractivity contribution in [3.8, 4) is 0 Å². The van der Waals surface area contributed by atoms with Gasteiger partial charge >= 0.3 is 0 Å². The summed E-state index contributed by atoms with van der Waals surface area (Å²) >= 11 is 0. The molecule has 1 amide bonds. The molecule has 90 valence electrons. The van der Waals surface area contributed by atoms with Crippen LogP contribution in [0.3, 0.4) is 0 Å². The van der Waals surface area contributed by atoms with E-state index in [1.165, 1.54) is 0 Å². The van der Waals surface area contributed by atoms with Gasteiger partial charge in [0.25, 0.3) is 0 Å². The molecule has 0 saturated carbocycles. The normalized spacial score (nSPS) is 15.0. The van der Waals surface area contributed by atoms with Crippen LogP contribution in [-0.4, -0.2) is 34.2 Å². The summed E-state index contributed by atoms with van der Waals surface area (Å²) in [6, 6.07) is -0.116. The highest BCUT2D eigenvalue weighted by Gasteiger charge is 2.09. The van der Waals surface area contributed by atoms with Gasteiger partial charge in [-0.1, -0.05) is 13.8 Å². The summed E-state index contributed by atoms with van der Waals surface area (Å²) < 4.78 is 11.3. The standard InChI is InChI=1S/C10H22N2O2S/c1-8(2)4-5-12-10(13)7-15(14)6-9(3)11/h8-9H,4-7,11H2,1-3H3,(H,12,13). The Bertz CT molecular complexity index is 217. The molecule has 0 bridgehead atoms. The molecule has 2 unspecified atom stereocenters. The van der Waals surface area contributed by atoms with E-state index < -0.39 is 10.8 Å². The molecule has 0 aromatic rings. The molecule has 15 heavy (non-hydrogen) atoms. The summed E-state index contributed by atoms with van der Waals surface area (Å²) in [6.07, 6.45) is 0.950. The molecule has 0 rings (SSSR count). The molecule has 2 atom stereocenters. The Morgan fingerprint density at radius 1 is 1.40 bits per heavy atom. The summed E-state index contributed by atoms with van der Waals surface area (Å²) in [5.41, 5.74) is 5.48. The summed E-state index contributed by atoms with van der Waals surface area (Å²) in [4.78, 5) is 11.3. The van der Waals surface area contributed by atoms with Crippen molar-refractivity contribution in [3.05, 3.63) is 0 Å². The van der Waals surface area contributed by atoms with Gasteiger partial charge in [-0.25, -0.2) is 0 Å². The first-order chi connectivity index (χ1) is 6.91. The number of nitrogens with one attached hydrogen (secondary N) is 1. The van der Waals surface area contributed by atoms with Gasteiger partial charge in [0.05, 0.1) is 0 Å². The lowest BCUT2D eigenvalue weighted by atomic mass is 10.1. The van der Waals surface area contributed by atoms with Crippen LogP contribution >= 0.6 is 0 Å². The number of hydrogen-bond donors (Lipinski definition) is 2. The molecule has 4 nitrogen and oxygen atoms in total. The number of carbonyl (C=O) groups is 1. The molecular formula is C10H22N2O2S. The minimum absolute atomic E-state index is 0.0691. The molecule has 0 aromatic carbocycles. The van der Waals surface area contributed by atoms with Gasteiger partial charge in [0, 0.05) is 29.1 Å². The van der Waals surface area contributed by atoms with E-state index in [1.54, 1.807) is 6.92 Å². The third kappa shape index (κ3) is 9.87. The molecular weight excluding hydrogens is 212 g/mol. The second-order valence-corrected chi connectivity index (χ2v) is 5.76. The van der Waals surface area contributed by atoms with E-state index >= 15 is 0 Å². The smallest absolute Gasteiger partial charge is 0.232 e. The average Bonchev–Trinajstić information content (AvgIpc) is 2.00. The number of rotatable bonds is 7. The third-order valence-corrected chi connectivity index (χ3v) is 3.27. The van der Waals surface area contributed by atoms with Crippen LogP contribution in [0.15, 0.2) is 0 Å². The first kappa shape index (κ1) is 14.6. The van der Waals surface area contributed by atoms with Crippen LogP contribution in [0.4, 0.5) is 0 Å². The molecule has 0 radical (unpaired) electrons. The predicted octanol–water partition coefficient (Wildman–Crippen LogP) is 0.245. The maximum atomic E-state index is 11.3. The Kier molecular flexibility index (Phi) is 7.60. The van der Waals surface area contributed by atoms with Crippen LogP contribution in [0.5, 0.6) is 0 Å². The zero-order valence-electron chi connectivity index (χ0n) is 9.79. The highest BCUT2D eigenvalue weighted by molar-refractivity contribution is 7.85. The molecule has 0 aliphatic heterocycles. The van der Waals surface area contributed by atoms with E-state index in [1.807, 2.05) is 0 Å². The van der Waals surface area contributed by atoms with Crippen molar-refractivity contribution in [2.75, 3.05) is 18.1 Å². The Hall–Kier alpha value is -0.420.